The summed E-state index contributed by atoms with van der Waals surface area (Å²) in [6, 6.07) is 18.7. The summed E-state index contributed by atoms with van der Waals surface area (Å²) in [5.74, 6) is 0. The van der Waals surface area contributed by atoms with Crippen molar-refractivity contribution in [2.45, 2.75) is 9.79 Å². The van der Waals surface area contributed by atoms with Gasteiger partial charge in [0.25, 0.3) is 0 Å². The van der Waals surface area contributed by atoms with Gasteiger partial charge in [-0.15, -0.1) is 10.2 Å². The Morgan fingerprint density at radius 2 is 1.33 bits per heavy atom. The van der Waals surface area contributed by atoms with Crippen LogP contribution in [0.15, 0.2) is 77.0 Å². The first-order chi connectivity index (χ1) is 8.92. The van der Waals surface area contributed by atoms with Crippen LogP contribution in [0.2, 0.25) is 0 Å². The quantitative estimate of drug-likeness (QED) is 0.716. The van der Waals surface area contributed by atoms with Gasteiger partial charge < -0.3 is 0 Å². The van der Waals surface area contributed by atoms with E-state index >= 15 is 0 Å². The molecule has 0 aliphatic heterocycles. The van der Waals surface area contributed by atoms with E-state index in [0.29, 0.717) is 0 Å². The van der Waals surface area contributed by atoms with E-state index in [9.17, 15) is 0 Å². The predicted octanol–water partition coefficient (Wildman–Crippen LogP) is 3.42. The topological polar surface area (TPSA) is 30.7 Å². The summed E-state index contributed by atoms with van der Waals surface area (Å²) in [5.41, 5.74) is 1.07. The third-order valence-electron chi connectivity index (χ3n) is 2.53. The molecular formula is C14H11N3S. The molecule has 18 heavy (non-hydrogen) atoms. The Bertz CT molecular complexity index is 603. The average Bonchev–Trinajstić information content (AvgIpc) is 2.95. The SMILES string of the molecule is c1ccc(Sc2ccc(-n3cnnc3)cc2)cc1. The zero-order valence-corrected chi connectivity index (χ0v) is 10.4. The first-order valence-electron chi connectivity index (χ1n) is 5.60. The molecule has 0 amide bonds. The standard InChI is InChI=1S/C14H11N3S/c1-2-4-13(5-3-1)18-14-8-6-12(7-9-14)17-10-15-16-11-17/h1-11H. The Balaban J connectivity index is 1.80. The van der Waals surface area contributed by atoms with Crippen molar-refractivity contribution in [1.82, 2.24) is 14.8 Å². The summed E-state index contributed by atoms with van der Waals surface area (Å²) >= 11 is 1.75. The first kappa shape index (κ1) is 11.0. The van der Waals surface area contributed by atoms with E-state index in [1.165, 1.54) is 9.79 Å². The molecule has 0 atom stereocenters. The number of hydrogen-bond acceptors (Lipinski definition) is 3. The van der Waals surface area contributed by atoms with E-state index in [4.69, 9.17) is 0 Å². The molecule has 1 heterocycles. The van der Waals surface area contributed by atoms with E-state index in [0.717, 1.165) is 5.69 Å². The molecule has 3 nitrogen and oxygen atoms in total. The van der Waals surface area contributed by atoms with Crippen molar-refractivity contribution in [2.75, 3.05) is 0 Å². The van der Waals surface area contributed by atoms with Gasteiger partial charge in [-0.05, 0) is 36.4 Å². The zero-order valence-electron chi connectivity index (χ0n) is 9.60. The minimum atomic E-state index is 1.07. The molecule has 0 fully saturated rings. The van der Waals surface area contributed by atoms with Gasteiger partial charge in [-0.25, -0.2) is 0 Å². The lowest BCUT2D eigenvalue weighted by molar-refractivity contribution is 1.05. The third kappa shape index (κ3) is 2.43. The van der Waals surface area contributed by atoms with Crippen LogP contribution in [0.25, 0.3) is 5.69 Å². The second-order valence-electron chi connectivity index (χ2n) is 3.78. The lowest BCUT2D eigenvalue weighted by Gasteiger charge is -2.04. The van der Waals surface area contributed by atoms with Gasteiger partial charge in [-0.1, -0.05) is 30.0 Å². The fourth-order valence-electron chi connectivity index (χ4n) is 1.64. The summed E-state index contributed by atoms with van der Waals surface area (Å²) in [5, 5.41) is 7.59. The number of benzene rings is 2. The molecule has 0 N–H and O–H groups in total. The summed E-state index contributed by atoms with van der Waals surface area (Å²) < 4.78 is 1.89. The van der Waals surface area contributed by atoms with Crippen LogP contribution in [0.1, 0.15) is 0 Å². The number of hydrogen-bond donors (Lipinski definition) is 0. The predicted molar refractivity (Wildman–Crippen MR) is 71.9 cm³/mol. The van der Waals surface area contributed by atoms with E-state index in [-0.39, 0.29) is 0 Å². The van der Waals surface area contributed by atoms with Gasteiger partial charge >= 0.3 is 0 Å². The number of aromatic nitrogens is 3. The van der Waals surface area contributed by atoms with Gasteiger partial charge in [0.15, 0.2) is 0 Å². The van der Waals surface area contributed by atoms with Crippen molar-refractivity contribution >= 4 is 11.8 Å². The van der Waals surface area contributed by atoms with Crippen molar-refractivity contribution in [1.29, 1.82) is 0 Å². The fourth-order valence-corrected chi connectivity index (χ4v) is 2.48. The number of rotatable bonds is 3. The van der Waals surface area contributed by atoms with Crippen LogP contribution in [-0.4, -0.2) is 14.8 Å². The molecule has 4 heteroatoms. The molecule has 88 valence electrons. The van der Waals surface area contributed by atoms with E-state index in [2.05, 4.69) is 46.6 Å². The first-order valence-corrected chi connectivity index (χ1v) is 6.41. The van der Waals surface area contributed by atoms with Gasteiger partial charge in [-0.3, -0.25) is 4.57 Å². The molecule has 0 unspecified atom stereocenters. The van der Waals surface area contributed by atoms with Crippen LogP contribution < -0.4 is 0 Å². The highest BCUT2D eigenvalue weighted by Gasteiger charge is 1.99. The maximum Gasteiger partial charge on any atom is 0.123 e. The van der Waals surface area contributed by atoms with E-state index < -0.39 is 0 Å². The third-order valence-corrected chi connectivity index (χ3v) is 3.55. The monoisotopic (exact) mass is 253 g/mol. The minimum Gasteiger partial charge on any atom is -0.288 e. The Morgan fingerprint density at radius 1 is 0.722 bits per heavy atom. The van der Waals surface area contributed by atoms with Gasteiger partial charge in [-0.2, -0.15) is 0 Å². The largest absolute Gasteiger partial charge is 0.288 e. The average molecular weight is 253 g/mol. The van der Waals surface area contributed by atoms with Gasteiger partial charge in [0.05, 0.1) is 0 Å². The highest BCUT2D eigenvalue weighted by atomic mass is 32.2. The second-order valence-corrected chi connectivity index (χ2v) is 4.93. The van der Waals surface area contributed by atoms with Crippen molar-refractivity contribution in [3.05, 3.63) is 67.3 Å². The van der Waals surface area contributed by atoms with Crippen molar-refractivity contribution in [2.24, 2.45) is 0 Å². The lowest BCUT2D eigenvalue weighted by Crippen LogP contribution is -1.88. The molecule has 0 aliphatic carbocycles. The van der Waals surface area contributed by atoms with Crippen molar-refractivity contribution < 1.29 is 0 Å². The van der Waals surface area contributed by atoms with Crippen molar-refractivity contribution in [3.8, 4) is 5.69 Å². The second kappa shape index (κ2) is 5.06. The molecular weight excluding hydrogens is 242 g/mol. The normalized spacial score (nSPS) is 10.4. The molecule has 1 aromatic heterocycles. The summed E-state index contributed by atoms with van der Waals surface area (Å²) in [4.78, 5) is 2.47. The van der Waals surface area contributed by atoms with Gasteiger partial charge in [0, 0.05) is 15.5 Å². The summed E-state index contributed by atoms with van der Waals surface area (Å²) in [7, 11) is 0. The Hall–Kier alpha value is -2.07. The van der Waals surface area contributed by atoms with E-state index in [1.807, 2.05) is 22.8 Å². The molecule has 3 rings (SSSR count). The highest BCUT2D eigenvalue weighted by Crippen LogP contribution is 2.27. The van der Waals surface area contributed by atoms with E-state index in [1.54, 1.807) is 24.4 Å². The molecule has 0 saturated heterocycles. The molecule has 2 aromatic carbocycles. The van der Waals surface area contributed by atoms with Gasteiger partial charge in [0.2, 0.25) is 0 Å². The maximum atomic E-state index is 3.80. The molecule has 0 radical (unpaired) electrons. The molecule has 0 saturated carbocycles. The van der Waals surface area contributed by atoms with Crippen LogP contribution in [0, 0.1) is 0 Å². The fraction of sp³-hybridized carbons (Fsp3) is 0. The molecule has 0 bridgehead atoms. The highest BCUT2D eigenvalue weighted by molar-refractivity contribution is 7.99. The van der Waals surface area contributed by atoms with Crippen LogP contribution in [-0.2, 0) is 0 Å². The Kier molecular flexibility index (Phi) is 3.10. The van der Waals surface area contributed by atoms with Crippen LogP contribution in [0.3, 0.4) is 0 Å². The van der Waals surface area contributed by atoms with Gasteiger partial charge in [0.1, 0.15) is 12.7 Å². The van der Waals surface area contributed by atoms with Crippen molar-refractivity contribution in [3.63, 3.8) is 0 Å². The smallest absolute Gasteiger partial charge is 0.123 e. The molecule has 3 aromatic rings. The van der Waals surface area contributed by atoms with Crippen LogP contribution >= 0.6 is 11.8 Å². The Morgan fingerprint density at radius 3 is 2.00 bits per heavy atom. The Labute approximate surface area is 109 Å². The summed E-state index contributed by atoms with van der Waals surface area (Å²) in [6.45, 7) is 0. The molecule has 0 aliphatic rings. The lowest BCUT2D eigenvalue weighted by atomic mass is 10.3. The van der Waals surface area contributed by atoms with Crippen LogP contribution in [0.4, 0.5) is 0 Å². The maximum absolute atomic E-state index is 3.80. The zero-order chi connectivity index (χ0) is 12.2. The number of nitrogens with zero attached hydrogens (tertiary/aromatic N) is 3. The minimum absolute atomic E-state index is 1.07. The van der Waals surface area contributed by atoms with Crippen LogP contribution in [0.5, 0.6) is 0 Å². The molecule has 0 spiro atoms. The summed E-state index contributed by atoms with van der Waals surface area (Å²) in [6.07, 6.45) is 3.39.